The fourth-order valence-electron chi connectivity index (χ4n) is 2.87. The maximum Gasteiger partial charge on any atom is 0.228 e. The van der Waals surface area contributed by atoms with Crippen LogP contribution in [0.3, 0.4) is 0 Å². The molecule has 118 valence electrons. The summed E-state index contributed by atoms with van der Waals surface area (Å²) in [5, 5.41) is 8.07. The Balaban J connectivity index is 1.56. The number of rotatable bonds is 4. The molecule has 2 heterocycles. The topological polar surface area (TPSA) is 59.8 Å². The molecule has 6 heteroatoms. The standard InChI is InChI=1S/C16H22N4OS/c1-11-10-12(2)20(19-11)9-8-15(21)18-16-17-13-6-4-3-5-7-14(13)22-16/h10H,3-9H2,1-2H3,(H,17,18,21). The van der Waals surface area contributed by atoms with Gasteiger partial charge in [-0.25, -0.2) is 4.98 Å². The van der Waals surface area contributed by atoms with E-state index >= 15 is 0 Å². The van der Waals surface area contributed by atoms with Gasteiger partial charge in [0.15, 0.2) is 5.13 Å². The fraction of sp³-hybridized carbons (Fsp3) is 0.562. The van der Waals surface area contributed by atoms with Gasteiger partial charge in [-0.15, -0.1) is 11.3 Å². The minimum Gasteiger partial charge on any atom is -0.302 e. The Morgan fingerprint density at radius 1 is 1.32 bits per heavy atom. The molecule has 2 aromatic heterocycles. The lowest BCUT2D eigenvalue weighted by Gasteiger charge is -2.04. The number of hydrogen-bond acceptors (Lipinski definition) is 4. The van der Waals surface area contributed by atoms with Gasteiger partial charge in [0.25, 0.3) is 0 Å². The number of thiazole rings is 1. The molecule has 22 heavy (non-hydrogen) atoms. The number of carbonyl (C=O) groups excluding carboxylic acids is 1. The lowest BCUT2D eigenvalue weighted by molar-refractivity contribution is -0.116. The number of carbonyl (C=O) groups is 1. The van der Waals surface area contributed by atoms with Crippen molar-refractivity contribution < 1.29 is 4.79 Å². The summed E-state index contributed by atoms with van der Waals surface area (Å²) in [6.45, 7) is 4.58. The van der Waals surface area contributed by atoms with Gasteiger partial charge in [0.2, 0.25) is 5.91 Å². The summed E-state index contributed by atoms with van der Waals surface area (Å²) in [6, 6.07) is 2.02. The number of hydrogen-bond donors (Lipinski definition) is 1. The van der Waals surface area contributed by atoms with Gasteiger partial charge in [-0.2, -0.15) is 5.10 Å². The van der Waals surface area contributed by atoms with Gasteiger partial charge < -0.3 is 5.32 Å². The van der Waals surface area contributed by atoms with Crippen LogP contribution in [-0.4, -0.2) is 20.7 Å². The smallest absolute Gasteiger partial charge is 0.228 e. The van der Waals surface area contributed by atoms with Crippen LogP contribution in [0.15, 0.2) is 6.07 Å². The molecule has 0 unspecified atom stereocenters. The van der Waals surface area contributed by atoms with Gasteiger partial charge in [0.1, 0.15) is 0 Å². The number of aromatic nitrogens is 3. The zero-order valence-corrected chi connectivity index (χ0v) is 14.0. The molecular formula is C16H22N4OS. The van der Waals surface area contributed by atoms with E-state index in [4.69, 9.17) is 0 Å². The number of aryl methyl sites for hydroxylation is 5. The van der Waals surface area contributed by atoms with Crippen molar-refractivity contribution in [3.8, 4) is 0 Å². The maximum atomic E-state index is 12.1. The molecule has 0 fully saturated rings. The van der Waals surface area contributed by atoms with Crippen LogP contribution in [0.25, 0.3) is 0 Å². The molecule has 1 aliphatic rings. The minimum atomic E-state index is 0.0106. The van der Waals surface area contributed by atoms with E-state index in [9.17, 15) is 4.79 Å². The van der Waals surface area contributed by atoms with Gasteiger partial charge in [-0.05, 0) is 45.6 Å². The number of nitrogens with zero attached hydrogens (tertiary/aromatic N) is 3. The van der Waals surface area contributed by atoms with Crippen molar-refractivity contribution in [3.05, 3.63) is 28.0 Å². The highest BCUT2D eigenvalue weighted by Gasteiger charge is 2.15. The van der Waals surface area contributed by atoms with Crippen LogP contribution in [0.4, 0.5) is 5.13 Å². The van der Waals surface area contributed by atoms with Crippen LogP contribution >= 0.6 is 11.3 Å². The first-order chi connectivity index (χ1) is 10.6. The normalized spacial score (nSPS) is 14.5. The molecule has 0 aliphatic heterocycles. The molecule has 0 saturated heterocycles. The van der Waals surface area contributed by atoms with E-state index in [-0.39, 0.29) is 5.91 Å². The minimum absolute atomic E-state index is 0.0106. The van der Waals surface area contributed by atoms with Crippen molar-refractivity contribution in [2.24, 2.45) is 0 Å². The van der Waals surface area contributed by atoms with E-state index in [1.165, 1.54) is 29.8 Å². The number of nitrogens with one attached hydrogen (secondary N) is 1. The van der Waals surface area contributed by atoms with Crippen molar-refractivity contribution in [2.75, 3.05) is 5.32 Å². The Morgan fingerprint density at radius 2 is 2.14 bits per heavy atom. The highest BCUT2D eigenvalue weighted by molar-refractivity contribution is 7.15. The lowest BCUT2D eigenvalue weighted by atomic mass is 10.2. The van der Waals surface area contributed by atoms with E-state index in [0.717, 1.165) is 29.4 Å². The second kappa shape index (κ2) is 6.60. The van der Waals surface area contributed by atoms with Crippen LogP contribution < -0.4 is 5.32 Å². The predicted octanol–water partition coefficient (Wildman–Crippen LogP) is 3.25. The molecule has 0 radical (unpaired) electrons. The van der Waals surface area contributed by atoms with Gasteiger partial charge in [-0.3, -0.25) is 9.48 Å². The Hall–Kier alpha value is -1.69. The third-order valence-corrected chi connectivity index (χ3v) is 5.07. The number of fused-ring (bicyclic) bond motifs is 1. The summed E-state index contributed by atoms with van der Waals surface area (Å²) in [5.41, 5.74) is 3.27. The van der Waals surface area contributed by atoms with Crippen LogP contribution in [0, 0.1) is 13.8 Å². The van der Waals surface area contributed by atoms with E-state index in [2.05, 4.69) is 15.4 Å². The molecule has 0 atom stereocenters. The van der Waals surface area contributed by atoms with E-state index in [1.54, 1.807) is 11.3 Å². The summed E-state index contributed by atoms with van der Waals surface area (Å²) in [6.07, 6.45) is 6.31. The zero-order valence-electron chi connectivity index (χ0n) is 13.2. The number of anilines is 1. The first kappa shape index (κ1) is 15.2. The molecule has 3 rings (SSSR count). The quantitative estimate of drug-likeness (QED) is 0.880. The van der Waals surface area contributed by atoms with E-state index in [0.29, 0.717) is 13.0 Å². The highest BCUT2D eigenvalue weighted by atomic mass is 32.1. The Bertz CT molecular complexity index is 650. The second-order valence-corrected chi connectivity index (χ2v) is 6.98. The number of amides is 1. The average molecular weight is 318 g/mol. The van der Waals surface area contributed by atoms with E-state index < -0.39 is 0 Å². The van der Waals surface area contributed by atoms with Crippen LogP contribution in [0.5, 0.6) is 0 Å². The second-order valence-electron chi connectivity index (χ2n) is 5.90. The summed E-state index contributed by atoms with van der Waals surface area (Å²) in [4.78, 5) is 18.0. The SMILES string of the molecule is Cc1cc(C)n(CCC(=O)Nc2nc3c(s2)CCCCC3)n1. The molecule has 0 spiro atoms. The lowest BCUT2D eigenvalue weighted by Crippen LogP contribution is -2.15. The molecule has 0 bridgehead atoms. The summed E-state index contributed by atoms with van der Waals surface area (Å²) in [7, 11) is 0. The van der Waals surface area contributed by atoms with Crippen LogP contribution in [0.1, 0.15) is 47.6 Å². The molecule has 2 aromatic rings. The molecule has 1 amide bonds. The van der Waals surface area contributed by atoms with Crippen LogP contribution in [0.2, 0.25) is 0 Å². The predicted molar refractivity (Wildman–Crippen MR) is 88.3 cm³/mol. The molecule has 0 aromatic carbocycles. The summed E-state index contributed by atoms with van der Waals surface area (Å²) >= 11 is 1.64. The van der Waals surface area contributed by atoms with Crippen molar-refractivity contribution in [1.29, 1.82) is 0 Å². The largest absolute Gasteiger partial charge is 0.302 e. The molecule has 5 nitrogen and oxygen atoms in total. The van der Waals surface area contributed by atoms with Gasteiger partial charge in [-0.1, -0.05) is 6.42 Å². The van der Waals surface area contributed by atoms with Crippen molar-refractivity contribution in [1.82, 2.24) is 14.8 Å². The van der Waals surface area contributed by atoms with Crippen molar-refractivity contribution in [3.63, 3.8) is 0 Å². The monoisotopic (exact) mass is 318 g/mol. The molecule has 1 aliphatic carbocycles. The van der Waals surface area contributed by atoms with Gasteiger partial charge in [0.05, 0.1) is 11.4 Å². The first-order valence-corrected chi connectivity index (χ1v) is 8.73. The summed E-state index contributed by atoms with van der Waals surface area (Å²) < 4.78 is 1.88. The first-order valence-electron chi connectivity index (χ1n) is 7.91. The Morgan fingerprint density at radius 3 is 2.91 bits per heavy atom. The van der Waals surface area contributed by atoms with Gasteiger partial charge >= 0.3 is 0 Å². The zero-order chi connectivity index (χ0) is 15.5. The van der Waals surface area contributed by atoms with Crippen molar-refractivity contribution >= 4 is 22.4 Å². The Labute approximate surface area is 134 Å². The maximum absolute atomic E-state index is 12.1. The fourth-order valence-corrected chi connectivity index (χ4v) is 3.94. The third kappa shape index (κ3) is 3.55. The van der Waals surface area contributed by atoms with Crippen LogP contribution in [-0.2, 0) is 24.2 Å². The Kier molecular flexibility index (Phi) is 4.57. The summed E-state index contributed by atoms with van der Waals surface area (Å²) in [5.74, 6) is 0.0106. The van der Waals surface area contributed by atoms with E-state index in [1.807, 2.05) is 24.6 Å². The molecule has 0 saturated carbocycles. The van der Waals surface area contributed by atoms with Crippen molar-refractivity contribution in [2.45, 2.75) is 58.9 Å². The van der Waals surface area contributed by atoms with Gasteiger partial charge in [0, 0.05) is 23.5 Å². The average Bonchev–Trinajstić information content (AvgIpc) is 2.91. The third-order valence-electron chi connectivity index (χ3n) is 4.00. The highest BCUT2D eigenvalue weighted by Crippen LogP contribution is 2.28. The molecule has 1 N–H and O–H groups in total. The molecular weight excluding hydrogens is 296 g/mol.